The van der Waals surface area contributed by atoms with Crippen molar-refractivity contribution in [2.45, 2.75) is 38.8 Å². The number of hydrogen-bond donors (Lipinski definition) is 1. The van der Waals surface area contributed by atoms with Crippen LogP contribution in [-0.2, 0) is 4.79 Å². The topological polar surface area (TPSA) is 46.3 Å². The van der Waals surface area contributed by atoms with Crippen molar-refractivity contribution in [2.75, 3.05) is 18.1 Å². The maximum absolute atomic E-state index is 11.9. The van der Waals surface area contributed by atoms with Crippen molar-refractivity contribution in [3.63, 3.8) is 0 Å². The zero-order chi connectivity index (χ0) is 10.8. The maximum atomic E-state index is 11.9. The van der Waals surface area contributed by atoms with Crippen LogP contribution in [0.25, 0.3) is 0 Å². The molecule has 1 aliphatic rings. The van der Waals surface area contributed by atoms with Crippen LogP contribution in [0, 0.1) is 0 Å². The summed E-state index contributed by atoms with van der Waals surface area (Å²) in [5.41, 5.74) is 5.45. The average molecular weight is 216 g/mol. The molecular formula is C10H20N2OS. The Morgan fingerprint density at radius 2 is 2.29 bits per heavy atom. The summed E-state index contributed by atoms with van der Waals surface area (Å²) in [7, 11) is 0. The van der Waals surface area contributed by atoms with E-state index in [1.165, 1.54) is 0 Å². The highest BCUT2D eigenvalue weighted by Gasteiger charge is 2.26. The van der Waals surface area contributed by atoms with Crippen LogP contribution in [0.1, 0.15) is 27.2 Å². The third-order valence-corrected chi connectivity index (χ3v) is 3.48. The van der Waals surface area contributed by atoms with Gasteiger partial charge in [-0.25, -0.2) is 0 Å². The largest absolute Gasteiger partial charge is 0.338 e. The molecular weight excluding hydrogens is 196 g/mol. The lowest BCUT2D eigenvalue weighted by molar-refractivity contribution is -0.133. The van der Waals surface area contributed by atoms with Gasteiger partial charge in [0.15, 0.2) is 0 Å². The van der Waals surface area contributed by atoms with E-state index in [-0.39, 0.29) is 11.4 Å². The second-order valence-corrected chi connectivity index (χ2v) is 5.83. The molecule has 0 spiro atoms. The van der Waals surface area contributed by atoms with Gasteiger partial charge in [0.05, 0.1) is 0 Å². The number of nitrogens with two attached hydrogens (primary N) is 1. The fourth-order valence-corrected chi connectivity index (χ4v) is 2.60. The van der Waals surface area contributed by atoms with Crippen molar-refractivity contribution in [1.82, 2.24) is 4.90 Å². The Labute approximate surface area is 90.4 Å². The first kappa shape index (κ1) is 11.9. The lowest BCUT2D eigenvalue weighted by Crippen LogP contribution is -2.48. The Hall–Kier alpha value is -0.220. The summed E-state index contributed by atoms with van der Waals surface area (Å²) in [6.07, 6.45) is 0.446. The van der Waals surface area contributed by atoms with E-state index in [1.54, 1.807) is 0 Å². The maximum Gasteiger partial charge on any atom is 0.224 e. The molecule has 1 fully saturated rings. The summed E-state index contributed by atoms with van der Waals surface area (Å²) in [5, 5.41) is 0. The number of carbonyl (C=O) groups excluding carboxylic acids is 1. The molecule has 0 aromatic rings. The van der Waals surface area contributed by atoms with Gasteiger partial charge in [-0.2, -0.15) is 11.8 Å². The number of nitrogens with zero attached hydrogens (tertiary/aromatic N) is 1. The molecule has 3 nitrogen and oxygen atoms in total. The van der Waals surface area contributed by atoms with Crippen molar-refractivity contribution >= 4 is 17.7 Å². The minimum absolute atomic E-state index is 0.199. The van der Waals surface area contributed by atoms with E-state index < -0.39 is 0 Å². The van der Waals surface area contributed by atoms with Gasteiger partial charge in [0.25, 0.3) is 0 Å². The van der Waals surface area contributed by atoms with Crippen molar-refractivity contribution in [1.29, 1.82) is 0 Å². The number of amides is 1. The summed E-state index contributed by atoms with van der Waals surface area (Å²) >= 11 is 1.92. The molecule has 1 saturated heterocycles. The van der Waals surface area contributed by atoms with Crippen molar-refractivity contribution in [2.24, 2.45) is 5.73 Å². The van der Waals surface area contributed by atoms with Crippen molar-refractivity contribution < 1.29 is 4.79 Å². The van der Waals surface area contributed by atoms with Crippen LogP contribution in [0.5, 0.6) is 0 Å². The van der Waals surface area contributed by atoms with Gasteiger partial charge in [-0.15, -0.1) is 0 Å². The van der Waals surface area contributed by atoms with Crippen LogP contribution < -0.4 is 5.73 Å². The third-order valence-electron chi connectivity index (χ3n) is 2.29. The average Bonchev–Trinajstić information content (AvgIpc) is 2.01. The molecule has 0 saturated carbocycles. The van der Waals surface area contributed by atoms with Crippen LogP contribution in [0.4, 0.5) is 0 Å². The molecule has 0 radical (unpaired) electrons. The summed E-state index contributed by atoms with van der Waals surface area (Å²) < 4.78 is 0. The normalized spacial score (nSPS) is 23.7. The summed E-state index contributed by atoms with van der Waals surface area (Å²) in [6.45, 7) is 6.77. The van der Waals surface area contributed by atoms with E-state index >= 15 is 0 Å². The molecule has 1 aliphatic heterocycles. The van der Waals surface area contributed by atoms with E-state index in [1.807, 2.05) is 30.5 Å². The van der Waals surface area contributed by atoms with Crippen LogP contribution >= 0.6 is 11.8 Å². The lowest BCUT2D eigenvalue weighted by Gasteiger charge is -2.34. The van der Waals surface area contributed by atoms with E-state index in [2.05, 4.69) is 6.92 Å². The van der Waals surface area contributed by atoms with Gasteiger partial charge < -0.3 is 10.6 Å². The molecule has 1 amide bonds. The van der Waals surface area contributed by atoms with Crippen LogP contribution in [0.15, 0.2) is 0 Å². The summed E-state index contributed by atoms with van der Waals surface area (Å²) in [4.78, 5) is 13.8. The molecule has 0 aromatic carbocycles. The number of thioether (sulfide) groups is 1. The minimum atomic E-state index is -0.388. The molecule has 0 bridgehead atoms. The molecule has 82 valence electrons. The number of carbonyl (C=O) groups is 1. The first-order valence-corrected chi connectivity index (χ1v) is 6.22. The van der Waals surface area contributed by atoms with Gasteiger partial charge in [0.2, 0.25) is 5.91 Å². The quantitative estimate of drug-likeness (QED) is 0.751. The predicted octanol–water partition coefficient (Wildman–Crippen LogP) is 1.08. The smallest absolute Gasteiger partial charge is 0.224 e. The van der Waals surface area contributed by atoms with Gasteiger partial charge >= 0.3 is 0 Å². The minimum Gasteiger partial charge on any atom is -0.338 e. The fraction of sp³-hybridized carbons (Fsp3) is 0.900. The van der Waals surface area contributed by atoms with E-state index in [0.29, 0.717) is 12.5 Å². The zero-order valence-electron chi connectivity index (χ0n) is 9.25. The molecule has 2 N–H and O–H groups in total. The Bertz CT molecular complexity index is 213. The van der Waals surface area contributed by atoms with E-state index in [4.69, 9.17) is 5.73 Å². The third kappa shape index (κ3) is 3.50. The van der Waals surface area contributed by atoms with E-state index in [9.17, 15) is 4.79 Å². The first-order chi connectivity index (χ1) is 6.40. The van der Waals surface area contributed by atoms with Crippen molar-refractivity contribution in [3.8, 4) is 0 Å². The summed E-state index contributed by atoms with van der Waals surface area (Å²) in [5.74, 6) is 2.31. The van der Waals surface area contributed by atoms with Crippen LogP contribution in [-0.4, -0.2) is 40.4 Å². The highest BCUT2D eigenvalue weighted by Crippen LogP contribution is 2.18. The lowest BCUT2D eigenvalue weighted by atomic mass is 10.0. The molecule has 1 heterocycles. The zero-order valence-corrected chi connectivity index (χ0v) is 10.1. The summed E-state index contributed by atoms with van der Waals surface area (Å²) in [6, 6.07) is 0.364. The van der Waals surface area contributed by atoms with Gasteiger partial charge in [0.1, 0.15) is 0 Å². The van der Waals surface area contributed by atoms with Gasteiger partial charge in [0, 0.05) is 36.1 Å². The molecule has 14 heavy (non-hydrogen) atoms. The number of rotatable bonds is 2. The Morgan fingerprint density at radius 3 is 2.79 bits per heavy atom. The Kier molecular flexibility index (Phi) is 3.84. The molecule has 1 atom stereocenters. The van der Waals surface area contributed by atoms with Gasteiger partial charge in [-0.05, 0) is 20.8 Å². The second-order valence-electron chi connectivity index (χ2n) is 4.68. The van der Waals surface area contributed by atoms with Gasteiger partial charge in [-0.3, -0.25) is 4.79 Å². The second kappa shape index (κ2) is 4.53. The molecule has 1 unspecified atom stereocenters. The SMILES string of the molecule is CC1CSCCN1C(=O)CC(C)(C)N. The van der Waals surface area contributed by atoms with E-state index in [0.717, 1.165) is 18.1 Å². The standard InChI is InChI=1S/C10H20N2OS/c1-8-7-14-5-4-12(8)9(13)6-10(2,3)11/h8H,4-7,11H2,1-3H3. The number of hydrogen-bond acceptors (Lipinski definition) is 3. The van der Waals surface area contributed by atoms with Crippen LogP contribution in [0.3, 0.4) is 0 Å². The van der Waals surface area contributed by atoms with Gasteiger partial charge in [-0.1, -0.05) is 0 Å². The fourth-order valence-electron chi connectivity index (χ4n) is 1.59. The Balaban J connectivity index is 2.50. The predicted molar refractivity (Wildman–Crippen MR) is 61.4 cm³/mol. The van der Waals surface area contributed by atoms with Crippen molar-refractivity contribution in [3.05, 3.63) is 0 Å². The Morgan fingerprint density at radius 1 is 1.64 bits per heavy atom. The molecule has 0 aliphatic carbocycles. The molecule has 1 rings (SSSR count). The highest BCUT2D eigenvalue weighted by molar-refractivity contribution is 7.99. The monoisotopic (exact) mass is 216 g/mol. The van der Waals surface area contributed by atoms with Crippen LogP contribution in [0.2, 0.25) is 0 Å². The molecule has 0 aromatic heterocycles. The first-order valence-electron chi connectivity index (χ1n) is 5.06. The highest BCUT2D eigenvalue weighted by atomic mass is 32.2. The molecule has 4 heteroatoms.